The zero-order valence-corrected chi connectivity index (χ0v) is 10.3. The maximum atomic E-state index is 11.1. The number of aliphatic carboxylic acids is 1. The third-order valence-corrected chi connectivity index (χ3v) is 1.95. The van der Waals surface area contributed by atoms with Crippen molar-refractivity contribution in [2.75, 3.05) is 13.2 Å². The average Bonchev–Trinajstić information content (AvgIpc) is 2.23. The van der Waals surface area contributed by atoms with Crippen LogP contribution in [0, 0.1) is 0 Å². The lowest BCUT2D eigenvalue weighted by Gasteiger charge is -2.08. The minimum Gasteiger partial charge on any atom is -0.481 e. The minimum absolute atomic E-state index is 0.0269. The summed E-state index contributed by atoms with van der Waals surface area (Å²) in [6.07, 6.45) is -0.818. The highest BCUT2D eigenvalue weighted by molar-refractivity contribution is 5.69. The van der Waals surface area contributed by atoms with Crippen LogP contribution in [0.1, 0.15) is 32.6 Å². The first-order valence-electron chi connectivity index (χ1n) is 5.60. The molecule has 2 N–H and O–H groups in total. The van der Waals surface area contributed by atoms with E-state index in [0.717, 1.165) is 0 Å². The molecule has 7 heteroatoms. The van der Waals surface area contributed by atoms with E-state index in [0.29, 0.717) is 6.42 Å². The molecule has 0 rings (SSSR count). The molecule has 0 amide bonds. The van der Waals surface area contributed by atoms with Crippen molar-refractivity contribution in [3.8, 4) is 0 Å². The smallest absolute Gasteiger partial charge is 0.305 e. The molecule has 0 bridgehead atoms. The van der Waals surface area contributed by atoms with E-state index in [1.807, 2.05) is 0 Å². The quantitative estimate of drug-likeness (QED) is 0.448. The fraction of sp³-hybridized carbons (Fsp3) is 0.727. The minimum atomic E-state index is -1.10. The number of aliphatic hydroxyl groups is 1. The number of aliphatic hydroxyl groups excluding tert-OH is 1. The molecule has 1 unspecified atom stereocenters. The van der Waals surface area contributed by atoms with Gasteiger partial charge in [-0.15, -0.1) is 0 Å². The first-order chi connectivity index (χ1) is 8.41. The van der Waals surface area contributed by atoms with Crippen molar-refractivity contribution in [2.45, 2.75) is 38.7 Å². The van der Waals surface area contributed by atoms with Crippen molar-refractivity contribution in [3.63, 3.8) is 0 Å². The molecule has 0 aliphatic carbocycles. The molecule has 1 atom stereocenters. The summed E-state index contributed by atoms with van der Waals surface area (Å²) in [5.41, 5.74) is 0. The van der Waals surface area contributed by atoms with E-state index in [4.69, 9.17) is 9.84 Å². The van der Waals surface area contributed by atoms with Crippen LogP contribution in [0.3, 0.4) is 0 Å². The van der Waals surface area contributed by atoms with Gasteiger partial charge >= 0.3 is 17.9 Å². The van der Waals surface area contributed by atoms with Gasteiger partial charge in [-0.2, -0.15) is 0 Å². The molecule has 0 aromatic carbocycles. The van der Waals surface area contributed by atoms with Gasteiger partial charge in [0.05, 0.1) is 25.7 Å². The van der Waals surface area contributed by atoms with Gasteiger partial charge in [0, 0.05) is 19.8 Å². The van der Waals surface area contributed by atoms with Gasteiger partial charge in [0.2, 0.25) is 0 Å². The third kappa shape index (κ3) is 10.9. The molecule has 0 aliphatic rings. The highest BCUT2D eigenvalue weighted by Crippen LogP contribution is 2.00. The van der Waals surface area contributed by atoms with Crippen LogP contribution in [0.5, 0.6) is 0 Å². The fourth-order valence-electron chi connectivity index (χ4n) is 1.12. The monoisotopic (exact) mass is 262 g/mol. The van der Waals surface area contributed by atoms with Crippen LogP contribution in [-0.2, 0) is 23.9 Å². The molecular weight excluding hydrogens is 244 g/mol. The highest BCUT2D eigenvalue weighted by atomic mass is 16.5. The molecule has 7 nitrogen and oxygen atoms in total. The van der Waals surface area contributed by atoms with Crippen molar-refractivity contribution in [1.82, 2.24) is 0 Å². The normalized spacial score (nSPS) is 11.7. The van der Waals surface area contributed by atoms with Crippen LogP contribution in [0.15, 0.2) is 0 Å². The summed E-state index contributed by atoms with van der Waals surface area (Å²) in [4.78, 5) is 31.8. The summed E-state index contributed by atoms with van der Waals surface area (Å²) in [6, 6.07) is 0. The number of rotatable bonds is 9. The van der Waals surface area contributed by atoms with E-state index in [9.17, 15) is 19.5 Å². The second-order valence-electron chi connectivity index (χ2n) is 3.70. The molecular formula is C11H18O7. The number of hydrogen-bond acceptors (Lipinski definition) is 6. The Morgan fingerprint density at radius 3 is 2.39 bits per heavy atom. The van der Waals surface area contributed by atoms with Crippen molar-refractivity contribution >= 4 is 17.9 Å². The molecule has 104 valence electrons. The van der Waals surface area contributed by atoms with Gasteiger partial charge in [-0.1, -0.05) is 0 Å². The van der Waals surface area contributed by atoms with Gasteiger partial charge in [-0.05, 0) is 6.42 Å². The standard InChI is InChI=1S/C11H18O7/c1-8(12)17-5-2-3-11(16)18-6-4-9(13)7-10(14)15/h9,13H,2-7H2,1H3,(H,14,15). The maximum absolute atomic E-state index is 11.1. The summed E-state index contributed by atoms with van der Waals surface area (Å²) < 4.78 is 9.40. The summed E-state index contributed by atoms with van der Waals surface area (Å²) in [6.45, 7) is 1.41. The van der Waals surface area contributed by atoms with E-state index in [-0.39, 0.29) is 32.5 Å². The second kappa shape index (κ2) is 9.41. The van der Waals surface area contributed by atoms with Crippen molar-refractivity contribution < 1.29 is 34.1 Å². The van der Waals surface area contributed by atoms with E-state index in [2.05, 4.69) is 4.74 Å². The fourth-order valence-corrected chi connectivity index (χ4v) is 1.12. The molecule has 0 aromatic heterocycles. The Morgan fingerprint density at radius 2 is 1.83 bits per heavy atom. The molecule has 0 saturated heterocycles. The van der Waals surface area contributed by atoms with Crippen molar-refractivity contribution in [1.29, 1.82) is 0 Å². The van der Waals surface area contributed by atoms with E-state index in [1.54, 1.807) is 0 Å². The lowest BCUT2D eigenvalue weighted by Crippen LogP contribution is -2.17. The van der Waals surface area contributed by atoms with Crippen molar-refractivity contribution in [3.05, 3.63) is 0 Å². The molecule has 0 aromatic rings. The van der Waals surface area contributed by atoms with Gasteiger partial charge in [0.1, 0.15) is 0 Å². The molecule has 0 heterocycles. The van der Waals surface area contributed by atoms with Crippen LogP contribution >= 0.6 is 0 Å². The van der Waals surface area contributed by atoms with Gasteiger partial charge in [0.15, 0.2) is 0 Å². The Morgan fingerprint density at radius 1 is 1.17 bits per heavy atom. The average molecular weight is 262 g/mol. The molecule has 0 saturated carbocycles. The number of hydrogen-bond donors (Lipinski definition) is 2. The Balaban J connectivity index is 3.47. The molecule has 18 heavy (non-hydrogen) atoms. The van der Waals surface area contributed by atoms with Crippen LogP contribution in [0.2, 0.25) is 0 Å². The summed E-state index contributed by atoms with van der Waals surface area (Å²) in [5, 5.41) is 17.5. The number of carboxylic acids is 1. The first-order valence-corrected chi connectivity index (χ1v) is 5.60. The van der Waals surface area contributed by atoms with Gasteiger partial charge in [-0.3, -0.25) is 14.4 Å². The molecule has 0 spiro atoms. The zero-order chi connectivity index (χ0) is 14.0. The van der Waals surface area contributed by atoms with Gasteiger partial charge in [-0.25, -0.2) is 0 Å². The Hall–Kier alpha value is -1.63. The van der Waals surface area contributed by atoms with Crippen molar-refractivity contribution in [2.24, 2.45) is 0 Å². The SMILES string of the molecule is CC(=O)OCCCC(=O)OCCC(O)CC(=O)O. The zero-order valence-electron chi connectivity index (χ0n) is 10.3. The second-order valence-corrected chi connectivity index (χ2v) is 3.70. The van der Waals surface area contributed by atoms with E-state index >= 15 is 0 Å². The number of ether oxygens (including phenoxy) is 2. The van der Waals surface area contributed by atoms with Gasteiger partial charge in [0.25, 0.3) is 0 Å². The number of carboxylic acid groups (broad SMARTS) is 1. The lowest BCUT2D eigenvalue weighted by molar-refractivity contribution is -0.147. The Kier molecular flexibility index (Phi) is 8.55. The first kappa shape index (κ1) is 16.4. The summed E-state index contributed by atoms with van der Waals surface area (Å²) in [5.74, 6) is -1.97. The van der Waals surface area contributed by atoms with Gasteiger partial charge < -0.3 is 19.7 Å². The maximum Gasteiger partial charge on any atom is 0.305 e. The van der Waals surface area contributed by atoms with Crippen LogP contribution in [0.25, 0.3) is 0 Å². The Labute approximate surface area is 105 Å². The highest BCUT2D eigenvalue weighted by Gasteiger charge is 2.10. The summed E-state index contributed by atoms with van der Waals surface area (Å²) in [7, 11) is 0. The lowest BCUT2D eigenvalue weighted by atomic mass is 10.2. The largest absolute Gasteiger partial charge is 0.481 e. The Bertz CT molecular complexity index is 287. The summed E-state index contributed by atoms with van der Waals surface area (Å²) >= 11 is 0. The van der Waals surface area contributed by atoms with Crippen LogP contribution in [-0.4, -0.2) is 47.4 Å². The predicted molar refractivity (Wildman–Crippen MR) is 59.7 cm³/mol. The molecule has 0 radical (unpaired) electrons. The molecule has 0 fully saturated rings. The number of esters is 2. The predicted octanol–water partition coefficient (Wildman–Crippen LogP) is 0.0986. The van der Waals surface area contributed by atoms with Crippen LogP contribution < -0.4 is 0 Å². The molecule has 0 aliphatic heterocycles. The van der Waals surface area contributed by atoms with Crippen LogP contribution in [0.4, 0.5) is 0 Å². The number of carbonyl (C=O) groups is 3. The van der Waals surface area contributed by atoms with E-state index in [1.165, 1.54) is 6.92 Å². The topological polar surface area (TPSA) is 110 Å². The third-order valence-electron chi connectivity index (χ3n) is 1.95. The number of carbonyl (C=O) groups excluding carboxylic acids is 2. The van der Waals surface area contributed by atoms with E-state index < -0.39 is 24.0 Å².